The molecule has 0 aromatic heterocycles. The van der Waals surface area contributed by atoms with Crippen LogP contribution >= 0.6 is 8.22 Å². The van der Waals surface area contributed by atoms with Crippen molar-refractivity contribution in [2.45, 2.75) is 125 Å². The fourth-order valence-corrected chi connectivity index (χ4v) is 20.7. The van der Waals surface area contributed by atoms with E-state index in [0.29, 0.717) is 27.4 Å². The Balaban J connectivity index is 1.79. The van der Waals surface area contributed by atoms with Crippen molar-refractivity contribution in [2.75, 3.05) is 4.57 Å². The number of hydrogen-bond acceptors (Lipinski definition) is 3. The van der Waals surface area contributed by atoms with Gasteiger partial charge in [0.2, 0.25) is 18.1 Å². The Kier molecular flexibility index (Phi) is 8.40. The summed E-state index contributed by atoms with van der Waals surface area (Å²) in [5.41, 5.74) is 6.55. The minimum absolute atomic E-state index is 0.161. The Bertz CT molecular complexity index is 1240. The highest BCUT2D eigenvalue weighted by Crippen LogP contribution is 2.75. The molecule has 2 atom stereocenters. The zero-order valence-corrected chi connectivity index (χ0v) is 30.7. The second-order valence-electron chi connectivity index (χ2n) is 15.6. The lowest BCUT2D eigenvalue weighted by atomic mass is 9.92. The minimum Gasteiger partial charge on any atom is -0.367 e. The maximum absolute atomic E-state index is 3.04. The van der Waals surface area contributed by atoms with Gasteiger partial charge >= 0.3 is 0 Å². The third kappa shape index (κ3) is 5.48. The number of fused-ring (bicyclic) bond motifs is 2. The van der Waals surface area contributed by atoms with E-state index >= 15 is 0 Å². The van der Waals surface area contributed by atoms with Crippen LogP contribution in [0.4, 0.5) is 5.69 Å². The molecule has 1 saturated heterocycles. The van der Waals surface area contributed by atoms with Crippen LogP contribution in [0.1, 0.15) is 111 Å². The van der Waals surface area contributed by atoms with E-state index in [1.807, 2.05) is 5.31 Å². The summed E-state index contributed by atoms with van der Waals surface area (Å²) in [6.45, 7) is 29.6. The van der Waals surface area contributed by atoms with Gasteiger partial charge in [-0.1, -0.05) is 76.2 Å². The monoisotopic (exact) mass is 603 g/mol. The van der Waals surface area contributed by atoms with Gasteiger partial charge in [-0.15, -0.1) is 0 Å². The first kappa shape index (κ1) is 31.2. The van der Waals surface area contributed by atoms with Crippen LogP contribution in [0.25, 0.3) is 0 Å². The van der Waals surface area contributed by atoms with Crippen molar-refractivity contribution in [2.24, 2.45) is 11.8 Å². The van der Waals surface area contributed by atoms with E-state index in [9.17, 15) is 0 Å². The van der Waals surface area contributed by atoms with Crippen LogP contribution in [0.15, 0.2) is 59.5 Å². The highest BCUT2D eigenvalue weighted by Gasteiger charge is 2.65. The molecular formula is C35H54N3PSi2. The normalized spacial score (nSPS) is 23.7. The number of benzene rings is 2. The molecule has 2 unspecified atom stereocenters. The summed E-state index contributed by atoms with van der Waals surface area (Å²) in [5, 5.41) is 3.26. The van der Waals surface area contributed by atoms with Gasteiger partial charge in [0.1, 0.15) is 0 Å². The van der Waals surface area contributed by atoms with Crippen molar-refractivity contribution in [1.82, 2.24) is 8.67 Å². The van der Waals surface area contributed by atoms with Gasteiger partial charge in [-0.25, -0.2) is 0 Å². The topological polar surface area (TPSA) is 9.72 Å². The summed E-state index contributed by atoms with van der Waals surface area (Å²) in [6.07, 6.45) is 4.05. The van der Waals surface area contributed by atoms with Crippen LogP contribution < -0.4 is 9.75 Å². The molecule has 222 valence electrons. The van der Waals surface area contributed by atoms with Gasteiger partial charge in [-0.2, -0.15) is 0 Å². The second-order valence-corrected chi connectivity index (χ2v) is 23.4. The lowest BCUT2D eigenvalue weighted by Gasteiger charge is -2.71. The summed E-state index contributed by atoms with van der Waals surface area (Å²) in [5.74, 6) is 2.35. The molecule has 6 heteroatoms. The molecule has 2 aliphatic carbocycles. The average molecular weight is 604 g/mol. The summed E-state index contributed by atoms with van der Waals surface area (Å²) in [6, 6.07) is 18.4. The average Bonchev–Trinajstić information content (AvgIpc) is 3.46. The molecule has 1 saturated carbocycles. The predicted octanol–water partition coefficient (Wildman–Crippen LogP) is 9.55. The summed E-state index contributed by atoms with van der Waals surface area (Å²) in [4.78, 5) is 0. The molecule has 0 spiro atoms. The Labute approximate surface area is 256 Å². The van der Waals surface area contributed by atoms with E-state index in [4.69, 9.17) is 0 Å². The quantitative estimate of drug-likeness (QED) is 0.230. The Hall–Kier alpha value is -1.24. The highest BCUT2D eigenvalue weighted by atomic mass is 31.1. The summed E-state index contributed by atoms with van der Waals surface area (Å²) < 4.78 is 8.96. The fourth-order valence-electron chi connectivity index (χ4n) is 8.14. The van der Waals surface area contributed by atoms with E-state index in [-0.39, 0.29) is 11.1 Å². The largest absolute Gasteiger partial charge is 0.367 e. The first-order chi connectivity index (χ1) is 19.0. The molecule has 1 aliphatic heterocycles. The molecule has 1 heterocycles. The van der Waals surface area contributed by atoms with Gasteiger partial charge in [0.05, 0.1) is 8.22 Å². The third-order valence-corrected chi connectivity index (χ3v) is 20.9. The van der Waals surface area contributed by atoms with Crippen LogP contribution in [0.3, 0.4) is 0 Å². The van der Waals surface area contributed by atoms with Crippen molar-refractivity contribution < 1.29 is 0 Å². The molecule has 3 nitrogen and oxygen atoms in total. The van der Waals surface area contributed by atoms with Crippen LogP contribution in [-0.2, 0) is 0 Å². The van der Waals surface area contributed by atoms with Crippen molar-refractivity contribution in [3.05, 3.63) is 70.7 Å². The number of anilines is 1. The summed E-state index contributed by atoms with van der Waals surface area (Å²) in [7, 11) is -1.69. The fraction of sp³-hybridized carbons (Fsp3) is 0.600. The molecule has 0 amide bonds. The van der Waals surface area contributed by atoms with Crippen LogP contribution in [0, 0.1) is 11.8 Å². The molecule has 2 aromatic rings. The Morgan fingerprint density at radius 1 is 0.780 bits per heavy atom. The third-order valence-electron chi connectivity index (χ3n) is 9.19. The highest BCUT2D eigenvalue weighted by molar-refractivity contribution is 7.66. The zero-order chi connectivity index (χ0) is 30.1. The first-order valence-electron chi connectivity index (χ1n) is 15.9. The van der Waals surface area contributed by atoms with Crippen LogP contribution in [0.2, 0.25) is 13.1 Å². The minimum atomic E-state index is -1.77. The standard InChI is InChI=1S/C35H54N3PSi2/c1-24(2)29-19-16-20-30(25(3)4)32(29)36(40-28-17-14-13-15-18-28)31-26-21-22-27(23-26)33(31)39-37(34(5,6)7)41(11,12)38(39)35(8,9)10/h13-20,24-27H,21-23H2,1-12H3. The predicted molar refractivity (Wildman–Crippen MR) is 184 cm³/mol. The van der Waals surface area contributed by atoms with Crippen molar-refractivity contribution in [1.29, 1.82) is 0 Å². The number of para-hydroxylation sites is 1. The van der Waals surface area contributed by atoms with Gasteiger partial charge in [0.25, 0.3) is 0 Å². The van der Waals surface area contributed by atoms with Gasteiger partial charge in [0, 0.05) is 27.8 Å². The second kappa shape index (κ2) is 11.0. The lowest BCUT2D eigenvalue weighted by Crippen LogP contribution is -2.77. The smallest absolute Gasteiger partial charge is 0.226 e. The zero-order valence-electron chi connectivity index (χ0n) is 27.8. The Morgan fingerprint density at radius 3 is 1.78 bits per heavy atom. The van der Waals surface area contributed by atoms with Crippen LogP contribution in [-0.4, -0.2) is 37.8 Å². The molecule has 5 rings (SSSR count). The van der Waals surface area contributed by atoms with Crippen LogP contribution in [0.5, 0.6) is 0 Å². The van der Waals surface area contributed by atoms with Crippen molar-refractivity contribution >= 4 is 37.2 Å². The molecule has 2 radical (unpaired) electrons. The summed E-state index contributed by atoms with van der Waals surface area (Å²) >= 11 is 0. The molecule has 3 aliphatic rings. The van der Waals surface area contributed by atoms with Gasteiger partial charge in [-0.3, -0.25) is 8.67 Å². The van der Waals surface area contributed by atoms with Gasteiger partial charge in [0.15, 0.2) is 0 Å². The number of rotatable bonds is 7. The number of nitrogens with zero attached hydrogens (tertiary/aromatic N) is 3. The van der Waals surface area contributed by atoms with E-state index in [1.54, 1.807) is 5.70 Å². The van der Waals surface area contributed by atoms with Gasteiger partial charge in [-0.05, 0) is 114 Å². The van der Waals surface area contributed by atoms with E-state index in [1.165, 1.54) is 41.3 Å². The molecule has 0 N–H and O–H groups in total. The molecule has 2 fully saturated rings. The maximum atomic E-state index is 3.04. The van der Waals surface area contributed by atoms with E-state index in [0.717, 1.165) is 5.92 Å². The van der Waals surface area contributed by atoms with Crippen molar-refractivity contribution in [3.63, 3.8) is 0 Å². The number of allylic oxidation sites excluding steroid dienone is 2. The first-order valence-corrected chi connectivity index (χ1v) is 21.0. The maximum Gasteiger partial charge on any atom is 0.226 e. The van der Waals surface area contributed by atoms with Gasteiger partial charge < -0.3 is 4.57 Å². The number of hydrogen-bond donors (Lipinski definition) is 0. The van der Waals surface area contributed by atoms with Crippen molar-refractivity contribution in [3.8, 4) is 0 Å². The molecule has 2 aromatic carbocycles. The van der Waals surface area contributed by atoms with E-state index in [2.05, 4.69) is 144 Å². The van der Waals surface area contributed by atoms with E-state index < -0.39 is 16.6 Å². The lowest BCUT2D eigenvalue weighted by molar-refractivity contribution is 0.240. The SMILES string of the molecule is CC(C)c1cccc(C(C)C)c1N([Si]c1ccccc1)C1=C(P2N(C(C)(C)C)[Si](C)(C)N2C(C)(C)C)C2CCC1C2. The molecule has 2 bridgehead atoms. The Morgan fingerprint density at radius 2 is 1.29 bits per heavy atom. The molecule has 41 heavy (non-hydrogen) atoms. The molecular weight excluding hydrogens is 550 g/mol.